The van der Waals surface area contributed by atoms with Gasteiger partial charge in [-0.2, -0.15) is 0 Å². The van der Waals surface area contributed by atoms with E-state index in [1.54, 1.807) is 13.2 Å². The molecule has 0 unspecified atom stereocenters. The molecule has 39 heavy (non-hydrogen) atoms. The lowest BCUT2D eigenvalue weighted by molar-refractivity contribution is -0.123. The van der Waals surface area contributed by atoms with Gasteiger partial charge in [0.1, 0.15) is 6.61 Å². The topological polar surface area (TPSA) is 55.8 Å². The summed E-state index contributed by atoms with van der Waals surface area (Å²) in [6, 6.07) is 33.8. The standard InChI is InChI=1S/C33H25NO4S/c1-37-30-18-22(16-17-29(30)38-21-26-13-7-11-24-9-3-5-15-28(24)26)19-31-32(35)34(33(36)39-31)20-25-12-6-10-23-8-2-4-14-27(23)25/h2-19H,20-21H2,1H3/b31-19-. The van der Waals surface area contributed by atoms with E-state index in [4.69, 9.17) is 9.47 Å². The Morgan fingerprint density at radius 2 is 1.38 bits per heavy atom. The van der Waals surface area contributed by atoms with Gasteiger partial charge in [-0.25, -0.2) is 0 Å². The number of benzene rings is 5. The van der Waals surface area contributed by atoms with E-state index in [-0.39, 0.29) is 17.7 Å². The second kappa shape index (κ2) is 10.7. The molecule has 0 aromatic heterocycles. The highest BCUT2D eigenvalue weighted by Crippen LogP contribution is 2.36. The third kappa shape index (κ3) is 4.99. The molecule has 6 heteroatoms. The van der Waals surface area contributed by atoms with Crippen molar-refractivity contribution >= 4 is 50.5 Å². The minimum Gasteiger partial charge on any atom is -0.493 e. The number of fused-ring (bicyclic) bond motifs is 2. The molecule has 6 rings (SSSR count). The van der Waals surface area contributed by atoms with Crippen LogP contribution in [0.1, 0.15) is 16.7 Å². The van der Waals surface area contributed by atoms with Crippen LogP contribution in [-0.4, -0.2) is 23.2 Å². The highest BCUT2D eigenvalue weighted by molar-refractivity contribution is 8.18. The maximum Gasteiger partial charge on any atom is 0.293 e. The predicted molar refractivity (Wildman–Crippen MR) is 157 cm³/mol. The van der Waals surface area contributed by atoms with E-state index in [2.05, 4.69) is 24.3 Å². The summed E-state index contributed by atoms with van der Waals surface area (Å²) < 4.78 is 11.7. The molecule has 5 nitrogen and oxygen atoms in total. The maximum atomic E-state index is 13.2. The first kappa shape index (κ1) is 24.8. The summed E-state index contributed by atoms with van der Waals surface area (Å²) in [7, 11) is 1.59. The first-order chi connectivity index (χ1) is 19.1. The zero-order valence-electron chi connectivity index (χ0n) is 21.3. The maximum absolute atomic E-state index is 13.2. The van der Waals surface area contributed by atoms with Gasteiger partial charge in [-0.05, 0) is 68.2 Å². The van der Waals surface area contributed by atoms with Gasteiger partial charge in [0.15, 0.2) is 11.5 Å². The number of carbonyl (C=O) groups is 2. The van der Waals surface area contributed by atoms with E-state index in [0.717, 1.165) is 50.0 Å². The Morgan fingerprint density at radius 1 is 0.744 bits per heavy atom. The van der Waals surface area contributed by atoms with Crippen LogP contribution in [0.3, 0.4) is 0 Å². The fourth-order valence-corrected chi connectivity index (χ4v) is 5.69. The molecule has 192 valence electrons. The number of methoxy groups -OCH3 is 1. The van der Waals surface area contributed by atoms with Crippen LogP contribution in [0.2, 0.25) is 0 Å². The monoisotopic (exact) mass is 531 g/mol. The first-order valence-electron chi connectivity index (χ1n) is 12.6. The molecule has 1 saturated heterocycles. The van der Waals surface area contributed by atoms with Crippen molar-refractivity contribution in [1.29, 1.82) is 0 Å². The number of thioether (sulfide) groups is 1. The van der Waals surface area contributed by atoms with Crippen molar-refractivity contribution < 1.29 is 19.1 Å². The van der Waals surface area contributed by atoms with Gasteiger partial charge < -0.3 is 9.47 Å². The molecule has 5 aromatic rings. The number of imide groups is 1. The number of hydrogen-bond donors (Lipinski definition) is 0. The van der Waals surface area contributed by atoms with Crippen LogP contribution in [0, 0.1) is 0 Å². The lowest BCUT2D eigenvalue weighted by atomic mass is 10.0. The Bertz CT molecular complexity index is 1750. The fraction of sp³-hybridized carbons (Fsp3) is 0.0909. The smallest absolute Gasteiger partial charge is 0.293 e. The summed E-state index contributed by atoms with van der Waals surface area (Å²) in [5, 5.41) is 4.14. The van der Waals surface area contributed by atoms with Gasteiger partial charge in [0.2, 0.25) is 0 Å². The van der Waals surface area contributed by atoms with Crippen molar-refractivity contribution in [3.05, 3.63) is 125 Å². The molecule has 0 saturated carbocycles. The van der Waals surface area contributed by atoms with Gasteiger partial charge in [-0.15, -0.1) is 0 Å². The molecule has 0 radical (unpaired) electrons. The average molecular weight is 532 g/mol. The summed E-state index contributed by atoms with van der Waals surface area (Å²) in [6.45, 7) is 0.623. The van der Waals surface area contributed by atoms with Crippen molar-refractivity contribution in [1.82, 2.24) is 4.90 Å². The summed E-state index contributed by atoms with van der Waals surface area (Å²) in [6.07, 6.45) is 1.73. The van der Waals surface area contributed by atoms with Crippen LogP contribution in [0.4, 0.5) is 4.79 Å². The Hall–Kier alpha value is -4.55. The molecular weight excluding hydrogens is 506 g/mol. The number of rotatable bonds is 7. The summed E-state index contributed by atoms with van der Waals surface area (Å²) >= 11 is 0.954. The number of hydrogen-bond acceptors (Lipinski definition) is 5. The molecule has 1 aliphatic heterocycles. The van der Waals surface area contributed by atoms with Gasteiger partial charge in [0.25, 0.3) is 11.1 Å². The van der Waals surface area contributed by atoms with Crippen molar-refractivity contribution in [2.24, 2.45) is 0 Å². The molecule has 0 aliphatic carbocycles. The normalized spacial score (nSPS) is 14.5. The zero-order valence-corrected chi connectivity index (χ0v) is 22.1. The number of amides is 2. The lowest BCUT2D eigenvalue weighted by Gasteiger charge is -2.14. The molecular formula is C33H25NO4S. The third-order valence-electron chi connectivity index (χ3n) is 6.83. The van der Waals surface area contributed by atoms with Crippen LogP contribution in [0.15, 0.2) is 108 Å². The molecule has 5 aromatic carbocycles. The molecule has 0 spiro atoms. The minimum atomic E-state index is -0.298. The van der Waals surface area contributed by atoms with Crippen LogP contribution >= 0.6 is 11.8 Å². The summed E-state index contributed by atoms with van der Waals surface area (Å²) in [4.78, 5) is 27.7. The molecule has 1 heterocycles. The average Bonchev–Trinajstić information content (AvgIpc) is 3.23. The van der Waals surface area contributed by atoms with Crippen LogP contribution in [0.5, 0.6) is 11.5 Å². The van der Waals surface area contributed by atoms with E-state index in [9.17, 15) is 9.59 Å². The van der Waals surface area contributed by atoms with Crippen molar-refractivity contribution in [3.63, 3.8) is 0 Å². The van der Waals surface area contributed by atoms with Crippen LogP contribution < -0.4 is 9.47 Å². The second-order valence-electron chi connectivity index (χ2n) is 9.24. The molecule has 0 atom stereocenters. The van der Waals surface area contributed by atoms with Gasteiger partial charge >= 0.3 is 0 Å². The Labute approximate surface area is 230 Å². The lowest BCUT2D eigenvalue weighted by Crippen LogP contribution is -2.27. The van der Waals surface area contributed by atoms with E-state index in [0.29, 0.717) is 23.0 Å². The third-order valence-corrected chi connectivity index (χ3v) is 7.74. The Morgan fingerprint density at radius 3 is 2.10 bits per heavy atom. The van der Waals surface area contributed by atoms with E-state index in [1.165, 1.54) is 4.90 Å². The highest BCUT2D eigenvalue weighted by Gasteiger charge is 2.35. The van der Waals surface area contributed by atoms with Crippen molar-refractivity contribution in [2.45, 2.75) is 13.2 Å². The van der Waals surface area contributed by atoms with Crippen LogP contribution in [-0.2, 0) is 17.9 Å². The van der Waals surface area contributed by atoms with Gasteiger partial charge in [0.05, 0.1) is 18.6 Å². The van der Waals surface area contributed by atoms with Gasteiger partial charge in [-0.1, -0.05) is 91.0 Å². The molecule has 1 fully saturated rings. The van der Waals surface area contributed by atoms with Crippen molar-refractivity contribution in [3.8, 4) is 11.5 Å². The SMILES string of the molecule is COc1cc(/C=C2\SC(=O)N(Cc3cccc4ccccc34)C2=O)ccc1OCc1cccc2ccccc12. The summed E-state index contributed by atoms with van der Waals surface area (Å²) in [5.41, 5.74) is 2.77. The summed E-state index contributed by atoms with van der Waals surface area (Å²) in [5.74, 6) is 0.860. The van der Waals surface area contributed by atoms with E-state index >= 15 is 0 Å². The molecule has 1 aliphatic rings. The van der Waals surface area contributed by atoms with Crippen LogP contribution in [0.25, 0.3) is 27.6 Å². The van der Waals surface area contributed by atoms with E-state index in [1.807, 2.05) is 78.9 Å². The quantitative estimate of drug-likeness (QED) is 0.200. The van der Waals surface area contributed by atoms with E-state index < -0.39 is 0 Å². The predicted octanol–water partition coefficient (Wildman–Crippen LogP) is 7.82. The second-order valence-corrected chi connectivity index (χ2v) is 10.2. The molecule has 0 N–H and O–H groups in total. The van der Waals surface area contributed by atoms with Crippen molar-refractivity contribution in [2.75, 3.05) is 7.11 Å². The largest absolute Gasteiger partial charge is 0.493 e. The Kier molecular flexibility index (Phi) is 6.78. The Balaban J connectivity index is 1.20. The molecule has 2 amide bonds. The minimum absolute atomic E-state index is 0.230. The van der Waals surface area contributed by atoms with Gasteiger partial charge in [0, 0.05) is 0 Å². The number of carbonyl (C=O) groups excluding carboxylic acids is 2. The van der Waals surface area contributed by atoms with Gasteiger partial charge in [-0.3, -0.25) is 14.5 Å². The zero-order chi connectivity index (χ0) is 26.8. The number of nitrogens with zero attached hydrogens (tertiary/aromatic N) is 1. The molecule has 0 bridgehead atoms. The highest BCUT2D eigenvalue weighted by atomic mass is 32.2. The number of ether oxygens (including phenoxy) is 2. The first-order valence-corrected chi connectivity index (χ1v) is 13.4. The fourth-order valence-electron chi connectivity index (χ4n) is 4.86.